The number of benzene rings is 2. The van der Waals surface area contributed by atoms with Crippen LogP contribution in [0.5, 0.6) is 0 Å². The molecule has 0 spiro atoms. The van der Waals surface area contributed by atoms with Crippen molar-refractivity contribution in [3.63, 3.8) is 0 Å². The number of ketones is 1. The Morgan fingerprint density at radius 1 is 1.03 bits per heavy atom. The minimum Gasteiger partial charge on any atom is -0.332 e. The molecular weight excluding hydrogens is 578 g/mol. The molecule has 0 aliphatic heterocycles. The van der Waals surface area contributed by atoms with Gasteiger partial charge in [-0.1, -0.05) is 44.0 Å². The molecule has 2 aromatic rings. The van der Waals surface area contributed by atoms with Gasteiger partial charge in [0.15, 0.2) is 5.11 Å². The predicted octanol–water partition coefficient (Wildman–Crippen LogP) is 5.91. The van der Waals surface area contributed by atoms with E-state index in [-0.39, 0.29) is 29.2 Å². The molecule has 0 atom stereocenters. The number of Topliss-reactive ketones (excluding diaryl/α,β-unsaturated/α-hetero) is 1. The second-order valence-electron chi connectivity index (χ2n) is 7.65. The minimum absolute atomic E-state index is 0. The SMILES string of the molecule is Cc1c(Br)cc(C(=O)NC(=S)Nc2ccc(CC(=O)CCCCN(C)C)cc2)cc1Br.Cl. The first-order valence-electron chi connectivity index (χ1n) is 9.99. The lowest BCUT2D eigenvalue weighted by Gasteiger charge is -2.11. The van der Waals surface area contributed by atoms with Gasteiger partial charge in [-0.15, -0.1) is 12.4 Å². The normalized spacial score (nSPS) is 10.4. The quantitative estimate of drug-likeness (QED) is 0.275. The summed E-state index contributed by atoms with van der Waals surface area (Å²) in [5.41, 5.74) is 3.23. The number of hydrogen-bond donors (Lipinski definition) is 2. The van der Waals surface area contributed by atoms with E-state index in [9.17, 15) is 9.59 Å². The fraction of sp³-hybridized carbons (Fsp3) is 0.348. The maximum atomic E-state index is 12.5. The molecule has 174 valence electrons. The van der Waals surface area contributed by atoms with E-state index < -0.39 is 0 Å². The number of halogens is 3. The first kappa shape index (κ1) is 28.7. The molecule has 9 heteroatoms. The summed E-state index contributed by atoms with van der Waals surface area (Å²) in [5.74, 6) is -0.0481. The Bertz CT molecular complexity index is 930. The van der Waals surface area contributed by atoms with Gasteiger partial charge < -0.3 is 10.2 Å². The third-order valence-corrected chi connectivity index (χ3v) is 6.55. The Morgan fingerprint density at radius 3 is 2.19 bits per heavy atom. The molecule has 2 N–H and O–H groups in total. The van der Waals surface area contributed by atoms with Crippen LogP contribution < -0.4 is 10.6 Å². The highest BCUT2D eigenvalue weighted by molar-refractivity contribution is 9.11. The molecule has 0 saturated heterocycles. The van der Waals surface area contributed by atoms with Crippen LogP contribution in [-0.4, -0.2) is 42.3 Å². The van der Waals surface area contributed by atoms with Crippen LogP contribution in [0.15, 0.2) is 45.3 Å². The number of carbonyl (C=O) groups is 2. The van der Waals surface area contributed by atoms with Crippen LogP contribution in [0.25, 0.3) is 0 Å². The number of amides is 1. The van der Waals surface area contributed by atoms with Crippen LogP contribution in [0.2, 0.25) is 0 Å². The van der Waals surface area contributed by atoms with Crippen LogP contribution in [0.4, 0.5) is 5.69 Å². The van der Waals surface area contributed by atoms with E-state index in [1.165, 1.54) is 0 Å². The van der Waals surface area contributed by atoms with E-state index in [0.29, 0.717) is 18.4 Å². The largest absolute Gasteiger partial charge is 0.332 e. The predicted molar refractivity (Wildman–Crippen MR) is 145 cm³/mol. The number of nitrogens with one attached hydrogen (secondary N) is 2. The fourth-order valence-electron chi connectivity index (χ4n) is 2.89. The van der Waals surface area contributed by atoms with E-state index in [4.69, 9.17) is 12.2 Å². The van der Waals surface area contributed by atoms with Crippen molar-refractivity contribution >= 4 is 79.0 Å². The van der Waals surface area contributed by atoms with E-state index >= 15 is 0 Å². The lowest BCUT2D eigenvalue weighted by Crippen LogP contribution is -2.34. The Hall–Kier alpha value is -1.32. The van der Waals surface area contributed by atoms with Gasteiger partial charge in [0.2, 0.25) is 0 Å². The number of hydrogen-bond acceptors (Lipinski definition) is 4. The summed E-state index contributed by atoms with van der Waals surface area (Å²) in [6, 6.07) is 11.0. The van der Waals surface area contributed by atoms with Gasteiger partial charge in [-0.3, -0.25) is 14.9 Å². The van der Waals surface area contributed by atoms with Crippen LogP contribution in [0, 0.1) is 6.92 Å². The summed E-state index contributed by atoms with van der Waals surface area (Å²) in [6.45, 7) is 2.95. The second kappa shape index (κ2) is 14.1. The number of unbranched alkanes of at least 4 members (excludes halogenated alkanes) is 1. The number of nitrogens with zero attached hydrogens (tertiary/aromatic N) is 1. The smallest absolute Gasteiger partial charge is 0.257 e. The Labute approximate surface area is 218 Å². The van der Waals surface area contributed by atoms with Crippen molar-refractivity contribution in [3.05, 3.63) is 62.0 Å². The van der Waals surface area contributed by atoms with E-state index in [1.54, 1.807) is 12.1 Å². The summed E-state index contributed by atoms with van der Waals surface area (Å²) in [6.07, 6.45) is 2.98. The van der Waals surface area contributed by atoms with Gasteiger partial charge in [0.1, 0.15) is 5.78 Å². The van der Waals surface area contributed by atoms with Crippen molar-refractivity contribution in [2.24, 2.45) is 0 Å². The van der Waals surface area contributed by atoms with Gasteiger partial charge >= 0.3 is 0 Å². The topological polar surface area (TPSA) is 61.4 Å². The van der Waals surface area contributed by atoms with Gasteiger partial charge in [-0.2, -0.15) is 0 Å². The average Bonchev–Trinajstić information content (AvgIpc) is 2.70. The molecule has 0 saturated carbocycles. The Balaban J connectivity index is 0.00000512. The molecule has 0 aliphatic rings. The van der Waals surface area contributed by atoms with Crippen molar-refractivity contribution in [3.8, 4) is 0 Å². The monoisotopic (exact) mass is 603 g/mol. The lowest BCUT2D eigenvalue weighted by molar-refractivity contribution is -0.118. The standard InChI is InChI=1S/C23H27Br2N3O2S.ClH/c1-15-20(24)13-17(14-21(15)25)22(30)27-23(31)26-18-9-7-16(8-10-18)12-19(29)6-4-5-11-28(2)3;/h7-10,13-14H,4-6,11-12H2,1-3H3,(H2,26,27,30,31);1H. The molecule has 0 aliphatic carbocycles. The molecule has 2 rings (SSSR count). The molecule has 0 radical (unpaired) electrons. The van der Waals surface area contributed by atoms with Crippen LogP contribution >= 0.6 is 56.5 Å². The molecule has 5 nitrogen and oxygen atoms in total. The summed E-state index contributed by atoms with van der Waals surface area (Å²) in [7, 11) is 4.07. The zero-order valence-electron chi connectivity index (χ0n) is 18.3. The van der Waals surface area contributed by atoms with E-state index in [0.717, 1.165) is 45.1 Å². The molecule has 1 amide bonds. The number of rotatable bonds is 9. The van der Waals surface area contributed by atoms with Crippen molar-refractivity contribution < 1.29 is 9.59 Å². The molecule has 2 aromatic carbocycles. The zero-order chi connectivity index (χ0) is 23.0. The molecule has 32 heavy (non-hydrogen) atoms. The van der Waals surface area contributed by atoms with Crippen LogP contribution in [-0.2, 0) is 11.2 Å². The lowest BCUT2D eigenvalue weighted by atomic mass is 10.0. The van der Waals surface area contributed by atoms with Gasteiger partial charge in [0.05, 0.1) is 0 Å². The molecular formula is C23H28Br2ClN3O2S. The van der Waals surface area contributed by atoms with Crippen molar-refractivity contribution in [1.82, 2.24) is 10.2 Å². The highest BCUT2D eigenvalue weighted by Gasteiger charge is 2.12. The first-order valence-corrected chi connectivity index (χ1v) is 12.0. The maximum Gasteiger partial charge on any atom is 0.257 e. The second-order valence-corrected chi connectivity index (χ2v) is 9.76. The third-order valence-electron chi connectivity index (χ3n) is 4.69. The molecule has 0 fully saturated rings. The van der Waals surface area contributed by atoms with Gasteiger partial charge in [-0.05, 0) is 88.0 Å². The number of anilines is 1. The Morgan fingerprint density at radius 2 is 1.62 bits per heavy atom. The van der Waals surface area contributed by atoms with Gasteiger partial charge in [0.25, 0.3) is 5.91 Å². The van der Waals surface area contributed by atoms with Crippen LogP contribution in [0.1, 0.15) is 40.7 Å². The minimum atomic E-state index is -0.296. The van der Waals surface area contributed by atoms with Crippen LogP contribution in [0.3, 0.4) is 0 Å². The third kappa shape index (κ3) is 9.67. The fourth-order valence-corrected chi connectivity index (χ4v) is 4.28. The van der Waals surface area contributed by atoms with Crippen molar-refractivity contribution in [1.29, 1.82) is 0 Å². The molecule has 0 aromatic heterocycles. The molecule has 0 heterocycles. The summed E-state index contributed by atoms with van der Waals surface area (Å²) in [5, 5.41) is 5.90. The average molecular weight is 606 g/mol. The van der Waals surface area contributed by atoms with Crippen molar-refractivity contribution in [2.75, 3.05) is 26.0 Å². The first-order chi connectivity index (χ1) is 14.7. The highest BCUT2D eigenvalue weighted by Crippen LogP contribution is 2.26. The van der Waals surface area contributed by atoms with Gasteiger partial charge in [0, 0.05) is 33.0 Å². The maximum absolute atomic E-state index is 12.5. The molecule has 0 unspecified atom stereocenters. The van der Waals surface area contributed by atoms with E-state index in [1.807, 2.05) is 45.3 Å². The van der Waals surface area contributed by atoms with E-state index in [2.05, 4.69) is 47.4 Å². The van der Waals surface area contributed by atoms with Crippen molar-refractivity contribution in [2.45, 2.75) is 32.6 Å². The van der Waals surface area contributed by atoms with Gasteiger partial charge in [-0.25, -0.2) is 0 Å². The number of thiocarbonyl (C=S) groups is 1. The summed E-state index contributed by atoms with van der Waals surface area (Å²) in [4.78, 5) is 26.7. The summed E-state index contributed by atoms with van der Waals surface area (Å²) < 4.78 is 1.68. The summed E-state index contributed by atoms with van der Waals surface area (Å²) >= 11 is 12.2. The number of carbonyl (C=O) groups excluding carboxylic acids is 2. The Kier molecular flexibility index (Phi) is 12.6. The molecule has 0 bridgehead atoms. The highest BCUT2D eigenvalue weighted by atomic mass is 79.9. The zero-order valence-corrected chi connectivity index (χ0v) is 23.1.